The molecule has 0 spiro atoms. The summed E-state index contributed by atoms with van der Waals surface area (Å²) in [4.78, 5) is 37.4. The lowest BCUT2D eigenvalue weighted by Gasteiger charge is -2.04. The molecule has 94 valence electrons. The van der Waals surface area contributed by atoms with E-state index >= 15 is 0 Å². The van der Waals surface area contributed by atoms with Crippen LogP contribution in [0.15, 0.2) is 15.7 Å². The van der Waals surface area contributed by atoms with Gasteiger partial charge in [0.2, 0.25) is 0 Å². The van der Waals surface area contributed by atoms with Gasteiger partial charge in [0, 0.05) is 12.6 Å². The van der Waals surface area contributed by atoms with Gasteiger partial charge in [-0.25, -0.2) is 4.79 Å². The average molecular weight is 243 g/mol. The van der Waals surface area contributed by atoms with E-state index in [0.29, 0.717) is 0 Å². The SMILES string of the molecule is O=C(NCCOCCO)c1cc(=O)[nH]c(=O)[nH]1. The number of aliphatic hydroxyl groups excluding tert-OH is 1. The quantitative estimate of drug-likeness (QED) is 0.422. The van der Waals surface area contributed by atoms with Crippen molar-refractivity contribution < 1.29 is 14.6 Å². The number of hydrogen-bond donors (Lipinski definition) is 4. The number of H-pyrrole nitrogens is 2. The lowest BCUT2D eigenvalue weighted by atomic mass is 10.4. The van der Waals surface area contributed by atoms with Crippen LogP contribution in [0.2, 0.25) is 0 Å². The highest BCUT2D eigenvalue weighted by atomic mass is 16.5. The van der Waals surface area contributed by atoms with E-state index in [4.69, 9.17) is 9.84 Å². The third kappa shape index (κ3) is 4.62. The summed E-state index contributed by atoms with van der Waals surface area (Å²) >= 11 is 0. The van der Waals surface area contributed by atoms with E-state index < -0.39 is 17.2 Å². The number of aromatic amines is 2. The van der Waals surface area contributed by atoms with E-state index in [9.17, 15) is 14.4 Å². The number of carbonyl (C=O) groups is 1. The van der Waals surface area contributed by atoms with Crippen molar-refractivity contribution in [2.45, 2.75) is 0 Å². The second-order valence-electron chi connectivity index (χ2n) is 3.09. The van der Waals surface area contributed by atoms with Crippen LogP contribution < -0.4 is 16.6 Å². The van der Waals surface area contributed by atoms with Gasteiger partial charge in [0.25, 0.3) is 11.5 Å². The van der Waals surface area contributed by atoms with E-state index in [1.54, 1.807) is 0 Å². The predicted molar refractivity (Wildman–Crippen MR) is 57.9 cm³/mol. The molecule has 1 aromatic heterocycles. The monoisotopic (exact) mass is 243 g/mol. The molecule has 0 unspecified atom stereocenters. The smallest absolute Gasteiger partial charge is 0.326 e. The van der Waals surface area contributed by atoms with Crippen LogP contribution in [-0.2, 0) is 4.74 Å². The zero-order chi connectivity index (χ0) is 12.7. The van der Waals surface area contributed by atoms with E-state index in [1.165, 1.54) is 0 Å². The molecule has 8 nitrogen and oxygen atoms in total. The molecule has 1 heterocycles. The lowest BCUT2D eigenvalue weighted by Crippen LogP contribution is -2.32. The van der Waals surface area contributed by atoms with E-state index in [2.05, 4.69) is 10.3 Å². The summed E-state index contributed by atoms with van der Waals surface area (Å²) in [6.07, 6.45) is 0. The second kappa shape index (κ2) is 6.61. The molecule has 0 atom stereocenters. The number of aromatic nitrogens is 2. The van der Waals surface area contributed by atoms with Crippen molar-refractivity contribution >= 4 is 5.91 Å². The first-order chi connectivity index (χ1) is 8.13. The van der Waals surface area contributed by atoms with Crippen LogP contribution >= 0.6 is 0 Å². The number of aliphatic hydroxyl groups is 1. The topological polar surface area (TPSA) is 124 Å². The van der Waals surface area contributed by atoms with Crippen molar-refractivity contribution in [1.82, 2.24) is 15.3 Å². The Hall–Kier alpha value is -1.93. The highest BCUT2D eigenvalue weighted by Crippen LogP contribution is 1.84. The van der Waals surface area contributed by atoms with Gasteiger partial charge < -0.3 is 20.1 Å². The van der Waals surface area contributed by atoms with Gasteiger partial charge in [0.05, 0.1) is 19.8 Å². The Morgan fingerprint density at radius 3 is 2.76 bits per heavy atom. The van der Waals surface area contributed by atoms with Crippen LogP contribution in [-0.4, -0.2) is 47.3 Å². The molecule has 0 radical (unpaired) electrons. The van der Waals surface area contributed by atoms with E-state index in [0.717, 1.165) is 6.07 Å². The molecule has 4 N–H and O–H groups in total. The molecular weight excluding hydrogens is 230 g/mol. The Bertz CT molecular complexity index is 450. The van der Waals surface area contributed by atoms with Crippen LogP contribution in [0.5, 0.6) is 0 Å². The number of amides is 1. The second-order valence-corrected chi connectivity index (χ2v) is 3.09. The fraction of sp³-hybridized carbons (Fsp3) is 0.444. The highest BCUT2D eigenvalue weighted by Gasteiger charge is 2.06. The zero-order valence-electron chi connectivity index (χ0n) is 8.99. The minimum absolute atomic E-state index is 0.0880. The number of carbonyl (C=O) groups excluding carboxylic acids is 1. The Morgan fingerprint density at radius 1 is 1.35 bits per heavy atom. The van der Waals surface area contributed by atoms with E-state index in [-0.39, 0.29) is 32.1 Å². The molecular formula is C9H13N3O5. The molecule has 1 amide bonds. The summed E-state index contributed by atoms with van der Waals surface area (Å²) in [5.41, 5.74) is -1.49. The molecule has 0 fully saturated rings. The van der Waals surface area contributed by atoms with Crippen molar-refractivity contribution in [2.24, 2.45) is 0 Å². The van der Waals surface area contributed by atoms with Crippen molar-refractivity contribution in [3.8, 4) is 0 Å². The van der Waals surface area contributed by atoms with Crippen molar-refractivity contribution in [2.75, 3.05) is 26.4 Å². The summed E-state index contributed by atoms with van der Waals surface area (Å²) in [6, 6.07) is 0.991. The minimum atomic E-state index is -0.737. The first-order valence-corrected chi connectivity index (χ1v) is 4.94. The largest absolute Gasteiger partial charge is 0.394 e. The molecule has 0 aliphatic carbocycles. The first-order valence-electron chi connectivity index (χ1n) is 4.94. The number of nitrogens with one attached hydrogen (secondary N) is 3. The summed E-state index contributed by atoms with van der Waals surface area (Å²) in [7, 11) is 0. The normalized spacial score (nSPS) is 10.2. The molecule has 0 aromatic carbocycles. The van der Waals surface area contributed by atoms with Crippen molar-refractivity contribution in [3.05, 3.63) is 32.6 Å². The van der Waals surface area contributed by atoms with Gasteiger partial charge in [-0.3, -0.25) is 14.6 Å². The maximum absolute atomic E-state index is 11.4. The van der Waals surface area contributed by atoms with Crippen LogP contribution in [0.4, 0.5) is 0 Å². The molecule has 17 heavy (non-hydrogen) atoms. The molecule has 1 aromatic rings. The Balaban J connectivity index is 2.47. The molecule has 0 aliphatic rings. The highest BCUT2D eigenvalue weighted by molar-refractivity contribution is 5.91. The summed E-state index contributed by atoms with van der Waals surface area (Å²) < 4.78 is 4.91. The molecule has 0 saturated heterocycles. The van der Waals surface area contributed by atoms with Gasteiger partial charge in [0.1, 0.15) is 5.69 Å². The van der Waals surface area contributed by atoms with Gasteiger partial charge >= 0.3 is 5.69 Å². The lowest BCUT2D eigenvalue weighted by molar-refractivity contribution is 0.0835. The van der Waals surface area contributed by atoms with Crippen molar-refractivity contribution in [3.63, 3.8) is 0 Å². The van der Waals surface area contributed by atoms with Crippen LogP contribution in [0.1, 0.15) is 10.5 Å². The third-order valence-electron chi connectivity index (χ3n) is 1.77. The van der Waals surface area contributed by atoms with Crippen LogP contribution in [0.3, 0.4) is 0 Å². The van der Waals surface area contributed by atoms with Gasteiger partial charge in [-0.05, 0) is 0 Å². The maximum atomic E-state index is 11.4. The van der Waals surface area contributed by atoms with Gasteiger partial charge in [0.15, 0.2) is 0 Å². The van der Waals surface area contributed by atoms with Gasteiger partial charge in [-0.2, -0.15) is 0 Å². The molecule has 0 bridgehead atoms. The maximum Gasteiger partial charge on any atom is 0.326 e. The Labute approximate surface area is 95.6 Å². The van der Waals surface area contributed by atoms with Crippen molar-refractivity contribution in [1.29, 1.82) is 0 Å². The number of ether oxygens (including phenoxy) is 1. The van der Waals surface area contributed by atoms with E-state index in [1.807, 2.05) is 4.98 Å². The Kier molecular flexibility index (Phi) is 5.11. The van der Waals surface area contributed by atoms with Gasteiger partial charge in [-0.15, -0.1) is 0 Å². The molecule has 8 heteroatoms. The zero-order valence-corrected chi connectivity index (χ0v) is 8.99. The first kappa shape index (κ1) is 13.1. The molecule has 0 aliphatic heterocycles. The average Bonchev–Trinajstić information content (AvgIpc) is 2.27. The van der Waals surface area contributed by atoms with Crippen LogP contribution in [0, 0.1) is 0 Å². The summed E-state index contributed by atoms with van der Waals surface area (Å²) in [6.45, 7) is 0.556. The number of rotatable bonds is 6. The number of hydrogen-bond acceptors (Lipinski definition) is 5. The Morgan fingerprint density at radius 2 is 2.12 bits per heavy atom. The summed E-state index contributed by atoms with van der Waals surface area (Å²) in [5.74, 6) is -0.569. The van der Waals surface area contributed by atoms with Crippen LogP contribution in [0.25, 0.3) is 0 Å². The fourth-order valence-corrected chi connectivity index (χ4v) is 1.09. The standard InChI is InChI=1S/C9H13N3O5/c13-2-4-17-3-1-10-8(15)6-5-7(14)12-9(16)11-6/h5,13H,1-4H2,(H,10,15)(H2,11,12,14,16). The molecule has 0 saturated carbocycles. The minimum Gasteiger partial charge on any atom is -0.394 e. The van der Waals surface area contributed by atoms with Gasteiger partial charge in [-0.1, -0.05) is 0 Å². The fourth-order valence-electron chi connectivity index (χ4n) is 1.09. The molecule has 1 rings (SSSR count). The predicted octanol–water partition coefficient (Wildman–Crippen LogP) is -2.20. The third-order valence-corrected chi connectivity index (χ3v) is 1.77. The summed E-state index contributed by atoms with van der Waals surface area (Å²) in [5, 5.41) is 10.9.